The first kappa shape index (κ1) is 15.8. The van der Waals surface area contributed by atoms with E-state index in [-0.39, 0.29) is 0 Å². The van der Waals surface area contributed by atoms with E-state index in [1.807, 2.05) is 0 Å². The van der Waals surface area contributed by atoms with Gasteiger partial charge in [-0.05, 0) is 34.1 Å². The van der Waals surface area contributed by atoms with Crippen LogP contribution in [0.3, 0.4) is 0 Å². The lowest BCUT2D eigenvalue weighted by Gasteiger charge is -2.10. The van der Waals surface area contributed by atoms with Crippen LogP contribution < -0.4 is 0 Å². The summed E-state index contributed by atoms with van der Waals surface area (Å²) >= 11 is 0. The third-order valence-corrected chi connectivity index (χ3v) is 3.77. The van der Waals surface area contributed by atoms with Crippen LogP contribution in [-0.2, 0) is 18.0 Å². The monoisotopic (exact) mass is 282 g/mol. The second-order valence-electron chi connectivity index (χ2n) is 6.29. The smallest absolute Gasteiger partial charge is 0.0721 e. The van der Waals surface area contributed by atoms with E-state index in [1.165, 1.54) is 22.3 Å². The molecule has 0 aliphatic carbocycles. The molecule has 0 unspecified atom stereocenters. The lowest BCUT2D eigenvalue weighted by Crippen LogP contribution is -1.97. The molecular weight excluding hydrogens is 256 g/mol. The maximum absolute atomic E-state index is 5.88. The minimum absolute atomic E-state index is 0.563. The molecule has 2 aromatic carbocycles. The molecule has 0 N–H and O–H groups in total. The lowest BCUT2D eigenvalue weighted by molar-refractivity contribution is 0.107. The summed E-state index contributed by atoms with van der Waals surface area (Å²) in [7, 11) is 0. The predicted molar refractivity (Wildman–Crippen MR) is 89.6 cm³/mol. The van der Waals surface area contributed by atoms with Gasteiger partial charge in [0.1, 0.15) is 0 Å². The molecule has 1 heteroatoms. The van der Waals surface area contributed by atoms with E-state index in [2.05, 4.69) is 76.2 Å². The van der Waals surface area contributed by atoms with Gasteiger partial charge in [0, 0.05) is 0 Å². The summed E-state index contributed by atoms with van der Waals surface area (Å²) in [5.41, 5.74) is 5.25. The molecule has 2 aromatic rings. The Labute approximate surface area is 129 Å². The van der Waals surface area contributed by atoms with E-state index >= 15 is 0 Å². The molecule has 0 saturated heterocycles. The van der Waals surface area contributed by atoms with Crippen LogP contribution in [0.2, 0.25) is 0 Å². The molecule has 0 aliphatic heterocycles. The molecule has 0 atom stereocenters. The highest BCUT2D eigenvalue weighted by atomic mass is 16.5. The van der Waals surface area contributed by atoms with Crippen LogP contribution in [0.15, 0.2) is 48.5 Å². The molecule has 0 fully saturated rings. The fraction of sp³-hybridized carbons (Fsp3) is 0.400. The van der Waals surface area contributed by atoms with E-state index in [4.69, 9.17) is 4.74 Å². The zero-order chi connectivity index (χ0) is 15.2. The second-order valence-corrected chi connectivity index (χ2v) is 6.29. The summed E-state index contributed by atoms with van der Waals surface area (Å²) in [6.45, 7) is 10.2. The predicted octanol–water partition coefficient (Wildman–Crippen LogP) is 5.65. The van der Waals surface area contributed by atoms with Gasteiger partial charge in [0.15, 0.2) is 0 Å². The number of hydrogen-bond donors (Lipinski definition) is 0. The zero-order valence-corrected chi connectivity index (χ0v) is 13.6. The highest BCUT2D eigenvalue weighted by Gasteiger charge is 2.02. The summed E-state index contributed by atoms with van der Waals surface area (Å²) in [6.07, 6.45) is 0. The van der Waals surface area contributed by atoms with E-state index < -0.39 is 0 Å². The molecule has 2 rings (SSSR count). The maximum Gasteiger partial charge on any atom is 0.0721 e. The Bertz CT molecular complexity index is 518. The van der Waals surface area contributed by atoms with Gasteiger partial charge < -0.3 is 4.74 Å². The SMILES string of the molecule is CC(C)c1cccc(COCc2cccc(C(C)C)c2)c1. The van der Waals surface area contributed by atoms with Gasteiger partial charge >= 0.3 is 0 Å². The highest BCUT2D eigenvalue weighted by molar-refractivity contribution is 5.26. The molecule has 0 aromatic heterocycles. The molecule has 21 heavy (non-hydrogen) atoms. The third-order valence-electron chi connectivity index (χ3n) is 3.77. The fourth-order valence-electron chi connectivity index (χ4n) is 2.37. The average Bonchev–Trinajstić information content (AvgIpc) is 2.48. The van der Waals surface area contributed by atoms with E-state index in [9.17, 15) is 0 Å². The number of rotatable bonds is 6. The van der Waals surface area contributed by atoms with Crippen molar-refractivity contribution in [3.63, 3.8) is 0 Å². The van der Waals surface area contributed by atoms with Gasteiger partial charge in [-0.15, -0.1) is 0 Å². The van der Waals surface area contributed by atoms with Crippen molar-refractivity contribution in [2.45, 2.75) is 52.7 Å². The van der Waals surface area contributed by atoms with Crippen molar-refractivity contribution in [1.29, 1.82) is 0 Å². The molecule has 0 radical (unpaired) electrons. The normalized spacial score (nSPS) is 11.3. The van der Waals surface area contributed by atoms with E-state index in [0.717, 1.165) is 0 Å². The summed E-state index contributed by atoms with van der Waals surface area (Å²) in [5, 5.41) is 0. The first-order chi connectivity index (χ1) is 10.1. The molecule has 0 aliphatic rings. The summed E-state index contributed by atoms with van der Waals surface area (Å²) < 4.78 is 5.88. The van der Waals surface area contributed by atoms with Crippen molar-refractivity contribution in [3.8, 4) is 0 Å². The van der Waals surface area contributed by atoms with Crippen molar-refractivity contribution in [1.82, 2.24) is 0 Å². The van der Waals surface area contributed by atoms with Crippen LogP contribution in [0, 0.1) is 0 Å². The number of hydrogen-bond acceptors (Lipinski definition) is 1. The summed E-state index contributed by atoms with van der Waals surface area (Å²) in [4.78, 5) is 0. The highest BCUT2D eigenvalue weighted by Crippen LogP contribution is 2.18. The van der Waals surface area contributed by atoms with Gasteiger partial charge in [-0.2, -0.15) is 0 Å². The van der Waals surface area contributed by atoms with Crippen LogP contribution in [0.4, 0.5) is 0 Å². The maximum atomic E-state index is 5.88. The lowest BCUT2D eigenvalue weighted by atomic mass is 10.0. The Kier molecular flexibility index (Phi) is 5.58. The molecule has 0 amide bonds. The van der Waals surface area contributed by atoms with Gasteiger partial charge in [-0.3, -0.25) is 0 Å². The van der Waals surface area contributed by atoms with Gasteiger partial charge in [0.05, 0.1) is 13.2 Å². The van der Waals surface area contributed by atoms with Crippen molar-refractivity contribution in [2.75, 3.05) is 0 Å². The van der Waals surface area contributed by atoms with Crippen LogP contribution >= 0.6 is 0 Å². The van der Waals surface area contributed by atoms with Crippen LogP contribution in [0.1, 0.15) is 61.8 Å². The first-order valence-electron chi connectivity index (χ1n) is 7.81. The minimum atomic E-state index is 0.563. The Balaban J connectivity index is 1.92. The van der Waals surface area contributed by atoms with E-state index in [1.54, 1.807) is 0 Å². The summed E-state index contributed by atoms with van der Waals surface area (Å²) in [5.74, 6) is 1.13. The van der Waals surface area contributed by atoms with Crippen LogP contribution in [-0.4, -0.2) is 0 Å². The Morgan fingerprint density at radius 2 is 1.14 bits per heavy atom. The molecule has 0 heterocycles. The zero-order valence-electron chi connectivity index (χ0n) is 13.6. The number of benzene rings is 2. The standard InChI is InChI=1S/C20H26O/c1-15(2)19-9-5-7-17(11-19)13-21-14-18-8-6-10-20(12-18)16(3)4/h5-12,15-16H,13-14H2,1-4H3. The van der Waals surface area contributed by atoms with Crippen molar-refractivity contribution >= 4 is 0 Å². The van der Waals surface area contributed by atoms with Gasteiger partial charge in [0.25, 0.3) is 0 Å². The third kappa shape index (κ3) is 4.71. The van der Waals surface area contributed by atoms with Crippen molar-refractivity contribution < 1.29 is 4.74 Å². The van der Waals surface area contributed by atoms with Gasteiger partial charge in [-0.25, -0.2) is 0 Å². The van der Waals surface area contributed by atoms with Gasteiger partial charge in [0.2, 0.25) is 0 Å². The first-order valence-corrected chi connectivity index (χ1v) is 7.81. The fourth-order valence-corrected chi connectivity index (χ4v) is 2.37. The molecule has 112 valence electrons. The van der Waals surface area contributed by atoms with Crippen molar-refractivity contribution in [2.24, 2.45) is 0 Å². The van der Waals surface area contributed by atoms with Crippen LogP contribution in [0.5, 0.6) is 0 Å². The largest absolute Gasteiger partial charge is 0.372 e. The Hall–Kier alpha value is -1.60. The van der Waals surface area contributed by atoms with E-state index in [0.29, 0.717) is 25.0 Å². The topological polar surface area (TPSA) is 9.23 Å². The number of ether oxygens (including phenoxy) is 1. The molecule has 0 saturated carbocycles. The Morgan fingerprint density at radius 1 is 0.714 bits per heavy atom. The van der Waals surface area contributed by atoms with Gasteiger partial charge in [-0.1, -0.05) is 76.2 Å². The Morgan fingerprint density at radius 3 is 1.52 bits per heavy atom. The minimum Gasteiger partial charge on any atom is -0.372 e. The molecular formula is C20H26O. The molecule has 0 bridgehead atoms. The average molecular weight is 282 g/mol. The summed E-state index contributed by atoms with van der Waals surface area (Å²) in [6, 6.07) is 17.4. The van der Waals surface area contributed by atoms with Crippen molar-refractivity contribution in [3.05, 3.63) is 70.8 Å². The second kappa shape index (κ2) is 7.42. The van der Waals surface area contributed by atoms with Crippen LogP contribution in [0.25, 0.3) is 0 Å². The molecule has 0 spiro atoms. The quantitative estimate of drug-likeness (QED) is 0.665. The molecule has 1 nitrogen and oxygen atoms in total.